The van der Waals surface area contributed by atoms with Gasteiger partial charge in [-0.3, -0.25) is 0 Å². The Balaban J connectivity index is 0.000001000. The van der Waals surface area contributed by atoms with Gasteiger partial charge in [-0.25, -0.2) is 0 Å². The van der Waals surface area contributed by atoms with Crippen LogP contribution < -0.4 is 18.9 Å². The van der Waals surface area contributed by atoms with E-state index in [0.29, 0.717) is 10.0 Å². The number of nitrogens with one attached hydrogen (secondary N) is 1. The first-order chi connectivity index (χ1) is 4.72. The first kappa shape index (κ1) is 11.4. The van der Waals surface area contributed by atoms with Crippen LogP contribution >= 0.6 is 23.2 Å². The summed E-state index contributed by atoms with van der Waals surface area (Å²) in [6, 6.07) is 5.13. The van der Waals surface area contributed by atoms with Crippen molar-refractivity contribution in [3.8, 4) is 0 Å². The van der Waals surface area contributed by atoms with Crippen LogP contribution in [0.25, 0.3) is 5.73 Å². The molecule has 0 aliphatic carbocycles. The van der Waals surface area contributed by atoms with Crippen molar-refractivity contribution in [2.45, 2.75) is 6.54 Å². The summed E-state index contributed by atoms with van der Waals surface area (Å²) in [7, 11) is 0. The van der Waals surface area contributed by atoms with E-state index < -0.39 is 0 Å². The molecule has 1 aromatic carbocycles. The molecular weight excluding hydrogens is 176 g/mol. The van der Waals surface area contributed by atoms with Gasteiger partial charge < -0.3 is 5.73 Å². The van der Waals surface area contributed by atoms with Crippen LogP contribution in [0.4, 0.5) is 0 Å². The second-order valence-corrected chi connectivity index (χ2v) is 2.83. The number of benzene rings is 1. The largest absolute Gasteiger partial charge is 1.00 e. The van der Waals surface area contributed by atoms with Crippen molar-refractivity contribution >= 4 is 23.2 Å². The third kappa shape index (κ3) is 3.51. The van der Waals surface area contributed by atoms with Crippen molar-refractivity contribution in [3.05, 3.63) is 39.5 Å². The maximum atomic E-state index is 7.02. The van der Waals surface area contributed by atoms with Gasteiger partial charge in [0.05, 0.1) is 0 Å². The molecule has 4 heteroatoms. The van der Waals surface area contributed by atoms with Crippen LogP contribution in [0.2, 0.25) is 10.0 Å². The summed E-state index contributed by atoms with van der Waals surface area (Å²) in [6.45, 7) is 0.222. The van der Waals surface area contributed by atoms with Gasteiger partial charge in [0.2, 0.25) is 0 Å². The van der Waals surface area contributed by atoms with Gasteiger partial charge >= 0.3 is 18.9 Å². The zero-order valence-electron chi connectivity index (χ0n) is 6.20. The molecule has 0 amide bonds. The van der Waals surface area contributed by atoms with E-state index in [4.69, 9.17) is 28.9 Å². The minimum absolute atomic E-state index is 0. The summed E-state index contributed by atoms with van der Waals surface area (Å²) >= 11 is 11.3. The predicted octanol–water partition coefficient (Wildman–Crippen LogP) is 0.550. The van der Waals surface area contributed by atoms with Crippen LogP contribution in [-0.4, -0.2) is 0 Å². The molecule has 0 saturated heterocycles. The monoisotopic (exact) mass is 181 g/mol. The Hall–Kier alpha value is 0.357. The van der Waals surface area contributed by atoms with Gasteiger partial charge in [0.1, 0.15) is 0 Å². The van der Waals surface area contributed by atoms with E-state index in [1.165, 1.54) is 0 Å². The Bertz CT molecular complexity index is 220. The molecule has 0 spiro atoms. The molecule has 0 fully saturated rings. The van der Waals surface area contributed by atoms with Gasteiger partial charge in [-0.1, -0.05) is 28.8 Å². The Morgan fingerprint density at radius 1 is 1.09 bits per heavy atom. The summed E-state index contributed by atoms with van der Waals surface area (Å²) in [5.41, 5.74) is 7.86. The first-order valence-electron chi connectivity index (χ1n) is 2.82. The topological polar surface area (TPSA) is 23.8 Å². The minimum Gasteiger partial charge on any atom is -0.674 e. The van der Waals surface area contributed by atoms with E-state index in [1.54, 1.807) is 18.2 Å². The molecular formula is C7H6Cl2LiN. The average molecular weight is 182 g/mol. The Morgan fingerprint density at radius 3 is 1.91 bits per heavy atom. The van der Waals surface area contributed by atoms with Gasteiger partial charge in [0, 0.05) is 10.0 Å². The maximum Gasteiger partial charge on any atom is 1.00 e. The third-order valence-electron chi connectivity index (χ3n) is 1.13. The van der Waals surface area contributed by atoms with Crippen LogP contribution in [-0.2, 0) is 6.54 Å². The second-order valence-electron chi connectivity index (χ2n) is 1.95. The molecule has 0 aliphatic rings. The van der Waals surface area contributed by atoms with E-state index in [1.807, 2.05) is 0 Å². The second kappa shape index (κ2) is 5.08. The van der Waals surface area contributed by atoms with Crippen LogP contribution in [0.3, 0.4) is 0 Å². The normalized spacial score (nSPS) is 9.00. The standard InChI is InChI=1S/C7H6Cl2N.Li/c8-6-1-5(4-10)2-7(9)3-6;/h1-3,10H,4H2;/q-1;+1. The molecule has 0 aliphatic heterocycles. The van der Waals surface area contributed by atoms with Crippen molar-refractivity contribution in [1.29, 1.82) is 0 Å². The fourth-order valence-corrected chi connectivity index (χ4v) is 1.28. The van der Waals surface area contributed by atoms with Gasteiger partial charge in [0.15, 0.2) is 0 Å². The van der Waals surface area contributed by atoms with Gasteiger partial charge in [0.25, 0.3) is 0 Å². The van der Waals surface area contributed by atoms with Crippen LogP contribution in [0.1, 0.15) is 5.56 Å². The minimum atomic E-state index is 0. The molecule has 0 unspecified atom stereocenters. The molecule has 0 aromatic heterocycles. The van der Waals surface area contributed by atoms with E-state index >= 15 is 0 Å². The van der Waals surface area contributed by atoms with E-state index in [0.717, 1.165) is 5.56 Å². The van der Waals surface area contributed by atoms with E-state index in [-0.39, 0.29) is 25.4 Å². The number of halogens is 2. The van der Waals surface area contributed by atoms with Gasteiger partial charge in [-0.2, -0.15) is 0 Å². The smallest absolute Gasteiger partial charge is 0.674 e. The molecule has 0 saturated carbocycles. The molecule has 1 N–H and O–H groups in total. The summed E-state index contributed by atoms with van der Waals surface area (Å²) < 4.78 is 0. The van der Waals surface area contributed by atoms with Crippen molar-refractivity contribution in [2.24, 2.45) is 0 Å². The van der Waals surface area contributed by atoms with Crippen molar-refractivity contribution in [2.75, 3.05) is 0 Å². The SMILES string of the molecule is [Li+].[NH-]Cc1cc(Cl)cc(Cl)c1. The Kier molecular flexibility index (Phi) is 5.25. The number of hydrogen-bond acceptors (Lipinski definition) is 0. The molecule has 1 nitrogen and oxygen atoms in total. The number of rotatable bonds is 1. The molecule has 0 heterocycles. The Labute approximate surface area is 88.0 Å². The summed E-state index contributed by atoms with van der Waals surface area (Å²) in [5, 5.41) is 1.18. The molecule has 1 rings (SSSR count). The number of hydrogen-bond donors (Lipinski definition) is 0. The van der Waals surface area contributed by atoms with Crippen LogP contribution in [0.5, 0.6) is 0 Å². The van der Waals surface area contributed by atoms with Crippen molar-refractivity contribution in [1.82, 2.24) is 0 Å². The summed E-state index contributed by atoms with van der Waals surface area (Å²) in [5.74, 6) is 0. The zero-order valence-corrected chi connectivity index (χ0v) is 7.71. The molecule has 0 radical (unpaired) electrons. The van der Waals surface area contributed by atoms with Crippen LogP contribution in [0, 0.1) is 0 Å². The molecule has 0 atom stereocenters. The zero-order chi connectivity index (χ0) is 7.56. The summed E-state index contributed by atoms with van der Waals surface area (Å²) in [6.07, 6.45) is 0. The van der Waals surface area contributed by atoms with Gasteiger partial charge in [-0.15, -0.1) is 6.54 Å². The molecule has 54 valence electrons. The fraction of sp³-hybridized carbons (Fsp3) is 0.143. The Morgan fingerprint density at radius 2 is 1.55 bits per heavy atom. The molecule has 1 aromatic rings. The van der Waals surface area contributed by atoms with E-state index in [2.05, 4.69) is 0 Å². The van der Waals surface area contributed by atoms with Crippen molar-refractivity contribution in [3.63, 3.8) is 0 Å². The molecule has 0 bridgehead atoms. The average Bonchev–Trinajstić information content (AvgIpc) is 1.85. The quantitative estimate of drug-likeness (QED) is 0.566. The van der Waals surface area contributed by atoms with Crippen molar-refractivity contribution < 1.29 is 18.9 Å². The first-order valence-corrected chi connectivity index (χ1v) is 3.57. The summed E-state index contributed by atoms with van der Waals surface area (Å²) in [4.78, 5) is 0. The van der Waals surface area contributed by atoms with Crippen LogP contribution in [0.15, 0.2) is 18.2 Å². The fourth-order valence-electron chi connectivity index (χ4n) is 0.713. The maximum absolute atomic E-state index is 7.02. The molecule has 11 heavy (non-hydrogen) atoms. The third-order valence-corrected chi connectivity index (χ3v) is 1.56. The van der Waals surface area contributed by atoms with Gasteiger partial charge in [-0.05, 0) is 18.2 Å². The van der Waals surface area contributed by atoms with E-state index in [9.17, 15) is 0 Å². The predicted molar refractivity (Wildman–Crippen MR) is 44.5 cm³/mol.